The lowest BCUT2D eigenvalue weighted by molar-refractivity contribution is 0.279. The average molecular weight is 212 g/mol. The highest BCUT2D eigenvalue weighted by Crippen LogP contribution is 2.29. The average Bonchev–Trinajstić information content (AvgIpc) is 2.28. The zero-order valence-corrected chi connectivity index (χ0v) is 11.5. The second-order valence-electron chi connectivity index (χ2n) is 5.35. The summed E-state index contributed by atoms with van der Waals surface area (Å²) in [5.74, 6) is 1.99. The predicted molar refractivity (Wildman–Crippen MR) is 71.2 cm³/mol. The molecule has 1 rings (SSSR count). The quantitative estimate of drug-likeness (QED) is 0.516. The smallest absolute Gasteiger partial charge is 0.0391 e. The summed E-state index contributed by atoms with van der Waals surface area (Å²) in [6.07, 6.45) is 13.0. The second-order valence-corrected chi connectivity index (χ2v) is 5.35. The van der Waals surface area contributed by atoms with E-state index >= 15 is 0 Å². The van der Waals surface area contributed by atoms with Crippen molar-refractivity contribution >= 4 is 0 Å². The van der Waals surface area contributed by atoms with Gasteiger partial charge in [0.2, 0.25) is 0 Å². The van der Waals surface area contributed by atoms with Crippen LogP contribution < -0.4 is 0 Å². The lowest BCUT2D eigenvalue weighted by atomic mass is 9.82. The van der Waals surface area contributed by atoms with E-state index in [0.717, 1.165) is 11.8 Å². The minimum atomic E-state index is 0.935. The molecule has 0 radical (unpaired) electrons. The molecule has 0 aliphatic heterocycles. The zero-order valence-electron chi connectivity index (χ0n) is 11.5. The summed E-state index contributed by atoms with van der Waals surface area (Å²) in [7, 11) is 0. The Bertz CT molecular complexity index is 105. The summed E-state index contributed by atoms with van der Waals surface area (Å²) in [4.78, 5) is 0. The van der Waals surface area contributed by atoms with Crippen LogP contribution in [0.5, 0.6) is 0 Å². The Morgan fingerprint density at radius 2 is 1.33 bits per heavy atom. The Labute approximate surface area is 97.8 Å². The van der Waals surface area contributed by atoms with Gasteiger partial charge in [-0.3, -0.25) is 0 Å². The molecule has 0 bridgehead atoms. The Morgan fingerprint density at radius 3 is 1.60 bits per heavy atom. The van der Waals surface area contributed by atoms with Gasteiger partial charge < -0.3 is 0 Å². The van der Waals surface area contributed by atoms with Crippen LogP contribution in [0.2, 0.25) is 0 Å². The highest BCUT2D eigenvalue weighted by atomic mass is 14.2. The maximum atomic E-state index is 2.36. The van der Waals surface area contributed by atoms with Crippen LogP contribution in [0.25, 0.3) is 0 Å². The molecule has 0 aromatic carbocycles. The van der Waals surface area contributed by atoms with E-state index in [9.17, 15) is 0 Å². The minimum absolute atomic E-state index is 0.935. The zero-order chi connectivity index (χ0) is 11.5. The molecule has 0 unspecified atom stereocenters. The molecular weight excluding hydrogens is 180 g/mol. The fourth-order valence-electron chi connectivity index (χ4n) is 2.30. The normalized spacial score (nSPS) is 17.4. The molecule has 0 saturated heterocycles. The molecule has 92 valence electrons. The van der Waals surface area contributed by atoms with E-state index < -0.39 is 0 Å². The van der Waals surface area contributed by atoms with Gasteiger partial charge in [-0.05, 0) is 11.8 Å². The number of rotatable bonds is 4. The van der Waals surface area contributed by atoms with Gasteiger partial charge in [-0.15, -0.1) is 0 Å². The van der Waals surface area contributed by atoms with Crippen LogP contribution in [0.1, 0.15) is 85.5 Å². The summed E-state index contributed by atoms with van der Waals surface area (Å²) in [5.41, 5.74) is 0. The highest BCUT2D eigenvalue weighted by Gasteiger charge is 2.15. The van der Waals surface area contributed by atoms with E-state index in [1.54, 1.807) is 0 Å². The SMILES string of the molecule is CC(C)C1CCCCC1.CCCCCC. The molecule has 0 aromatic heterocycles. The van der Waals surface area contributed by atoms with Crippen molar-refractivity contribution in [2.24, 2.45) is 11.8 Å². The van der Waals surface area contributed by atoms with E-state index in [1.807, 2.05) is 0 Å². The van der Waals surface area contributed by atoms with Crippen molar-refractivity contribution in [1.82, 2.24) is 0 Å². The Hall–Kier alpha value is 0. The van der Waals surface area contributed by atoms with Gasteiger partial charge in [-0.25, -0.2) is 0 Å². The van der Waals surface area contributed by atoms with Gasteiger partial charge in [0.15, 0.2) is 0 Å². The van der Waals surface area contributed by atoms with E-state index in [4.69, 9.17) is 0 Å². The third kappa shape index (κ3) is 8.96. The lowest BCUT2D eigenvalue weighted by Gasteiger charge is -2.24. The molecule has 0 heteroatoms. The first-order valence-electron chi connectivity index (χ1n) is 7.22. The van der Waals surface area contributed by atoms with Gasteiger partial charge in [-0.1, -0.05) is 85.5 Å². The molecule has 0 aromatic rings. The first-order valence-corrected chi connectivity index (χ1v) is 7.22. The summed E-state index contributed by atoms with van der Waals surface area (Å²) >= 11 is 0. The van der Waals surface area contributed by atoms with Crippen LogP contribution in [-0.2, 0) is 0 Å². The molecule has 0 nitrogen and oxygen atoms in total. The van der Waals surface area contributed by atoms with Gasteiger partial charge in [0.05, 0.1) is 0 Å². The maximum Gasteiger partial charge on any atom is -0.0391 e. The van der Waals surface area contributed by atoms with Crippen molar-refractivity contribution in [2.75, 3.05) is 0 Å². The molecule has 1 fully saturated rings. The van der Waals surface area contributed by atoms with Crippen LogP contribution in [0.3, 0.4) is 0 Å². The van der Waals surface area contributed by atoms with E-state index in [0.29, 0.717) is 0 Å². The molecule has 0 heterocycles. The number of unbranched alkanes of at least 4 members (excludes halogenated alkanes) is 3. The Balaban J connectivity index is 0.000000288. The third-order valence-electron chi connectivity index (χ3n) is 3.55. The molecule has 0 N–H and O–H groups in total. The van der Waals surface area contributed by atoms with Gasteiger partial charge in [0, 0.05) is 0 Å². The van der Waals surface area contributed by atoms with Gasteiger partial charge in [0.1, 0.15) is 0 Å². The molecule has 15 heavy (non-hydrogen) atoms. The largest absolute Gasteiger partial charge is 0.0654 e. The van der Waals surface area contributed by atoms with Gasteiger partial charge >= 0.3 is 0 Å². The summed E-state index contributed by atoms with van der Waals surface area (Å²) in [5, 5.41) is 0. The first kappa shape index (κ1) is 15.0. The molecule has 0 amide bonds. The van der Waals surface area contributed by atoms with Crippen molar-refractivity contribution in [1.29, 1.82) is 0 Å². The molecular formula is C15H32. The van der Waals surface area contributed by atoms with E-state index in [2.05, 4.69) is 27.7 Å². The van der Waals surface area contributed by atoms with Crippen molar-refractivity contribution < 1.29 is 0 Å². The van der Waals surface area contributed by atoms with Crippen molar-refractivity contribution in [3.63, 3.8) is 0 Å². The first-order chi connectivity index (χ1) is 7.22. The highest BCUT2D eigenvalue weighted by molar-refractivity contribution is 4.67. The minimum Gasteiger partial charge on any atom is -0.0654 e. The van der Waals surface area contributed by atoms with Crippen LogP contribution in [0.15, 0.2) is 0 Å². The van der Waals surface area contributed by atoms with Crippen molar-refractivity contribution in [2.45, 2.75) is 85.5 Å². The van der Waals surface area contributed by atoms with Gasteiger partial charge in [-0.2, -0.15) is 0 Å². The Kier molecular flexibility index (Phi) is 10.5. The predicted octanol–water partition coefficient (Wildman–Crippen LogP) is 5.81. The molecule has 1 saturated carbocycles. The van der Waals surface area contributed by atoms with Crippen molar-refractivity contribution in [3.05, 3.63) is 0 Å². The molecule has 1 aliphatic carbocycles. The van der Waals surface area contributed by atoms with Crippen LogP contribution >= 0.6 is 0 Å². The van der Waals surface area contributed by atoms with Crippen LogP contribution in [-0.4, -0.2) is 0 Å². The number of hydrogen-bond donors (Lipinski definition) is 0. The van der Waals surface area contributed by atoms with Gasteiger partial charge in [0.25, 0.3) is 0 Å². The maximum absolute atomic E-state index is 2.36. The Morgan fingerprint density at radius 1 is 0.867 bits per heavy atom. The summed E-state index contributed by atoms with van der Waals surface area (Å²) < 4.78 is 0. The monoisotopic (exact) mass is 212 g/mol. The number of hydrogen-bond acceptors (Lipinski definition) is 0. The third-order valence-corrected chi connectivity index (χ3v) is 3.55. The standard InChI is InChI=1S/C9H18.C6H14/c1-8(2)9-6-4-3-5-7-9;1-3-5-6-4-2/h8-9H,3-7H2,1-2H3;3-6H2,1-2H3. The van der Waals surface area contributed by atoms with E-state index in [1.165, 1.54) is 57.8 Å². The molecule has 0 atom stereocenters. The fourth-order valence-corrected chi connectivity index (χ4v) is 2.30. The molecule has 0 spiro atoms. The topological polar surface area (TPSA) is 0 Å². The van der Waals surface area contributed by atoms with Crippen molar-refractivity contribution in [3.8, 4) is 0 Å². The van der Waals surface area contributed by atoms with E-state index in [-0.39, 0.29) is 0 Å². The van der Waals surface area contributed by atoms with Crippen LogP contribution in [0.4, 0.5) is 0 Å². The fraction of sp³-hybridized carbons (Fsp3) is 1.00. The molecule has 1 aliphatic rings. The van der Waals surface area contributed by atoms with Crippen LogP contribution in [0, 0.1) is 11.8 Å². The lowest BCUT2D eigenvalue weighted by Crippen LogP contribution is -2.12. The summed E-state index contributed by atoms with van der Waals surface area (Å²) in [6.45, 7) is 9.18. The summed E-state index contributed by atoms with van der Waals surface area (Å²) in [6, 6.07) is 0. The second kappa shape index (κ2) is 10.5.